The highest BCUT2D eigenvalue weighted by Crippen LogP contribution is 2.23. The summed E-state index contributed by atoms with van der Waals surface area (Å²) in [7, 11) is 0. The van der Waals surface area contributed by atoms with Gasteiger partial charge in [-0.1, -0.05) is 13.8 Å². The van der Waals surface area contributed by atoms with Crippen LogP contribution in [0, 0.1) is 0 Å². The molecule has 5 heteroatoms. The largest absolute Gasteiger partial charge is 0.445 e. The van der Waals surface area contributed by atoms with Crippen molar-refractivity contribution in [2.24, 2.45) is 0 Å². The molecule has 2 aliphatic rings. The number of hydrogen-bond donors (Lipinski definition) is 0. The van der Waals surface area contributed by atoms with Crippen molar-refractivity contribution in [1.29, 1.82) is 0 Å². The minimum absolute atomic E-state index is 0.228. The second-order valence-electron chi connectivity index (χ2n) is 6.13. The van der Waals surface area contributed by atoms with Crippen molar-refractivity contribution >= 4 is 5.91 Å². The minimum atomic E-state index is 0.228. The normalized spacial score (nSPS) is 19.6. The van der Waals surface area contributed by atoms with Gasteiger partial charge >= 0.3 is 0 Å². The predicted octanol–water partition coefficient (Wildman–Crippen LogP) is 1.78. The molecule has 0 radical (unpaired) electrons. The van der Waals surface area contributed by atoms with Gasteiger partial charge in [-0.15, -0.1) is 0 Å². The van der Waals surface area contributed by atoms with Crippen LogP contribution in [0.3, 0.4) is 0 Å². The second-order valence-corrected chi connectivity index (χ2v) is 6.13. The molecule has 0 unspecified atom stereocenters. The quantitative estimate of drug-likeness (QED) is 0.845. The molecule has 0 bridgehead atoms. The molecule has 20 heavy (non-hydrogen) atoms. The summed E-state index contributed by atoms with van der Waals surface area (Å²) in [6, 6.07) is 0. The van der Waals surface area contributed by atoms with E-state index in [1.807, 2.05) is 4.90 Å². The Bertz CT molecular complexity index is 489. The highest BCUT2D eigenvalue weighted by molar-refractivity contribution is 5.78. The molecule has 1 fully saturated rings. The van der Waals surface area contributed by atoms with Gasteiger partial charge in [0, 0.05) is 18.9 Å². The monoisotopic (exact) mass is 277 g/mol. The average Bonchev–Trinajstić information content (AvgIpc) is 3.05. The van der Waals surface area contributed by atoms with Crippen LogP contribution in [0.25, 0.3) is 0 Å². The zero-order valence-electron chi connectivity index (χ0n) is 12.4. The lowest BCUT2D eigenvalue weighted by molar-refractivity contribution is -0.133. The fourth-order valence-corrected chi connectivity index (χ4v) is 2.91. The summed E-state index contributed by atoms with van der Waals surface area (Å²) in [4.78, 5) is 21.0. The fourth-order valence-electron chi connectivity index (χ4n) is 2.91. The number of nitrogens with zero attached hydrogens (tertiary/aromatic N) is 3. The van der Waals surface area contributed by atoms with Crippen molar-refractivity contribution < 1.29 is 9.21 Å². The highest BCUT2D eigenvalue weighted by atomic mass is 16.4. The van der Waals surface area contributed by atoms with Gasteiger partial charge in [0.15, 0.2) is 5.89 Å². The molecule has 2 aliphatic heterocycles. The summed E-state index contributed by atoms with van der Waals surface area (Å²) < 4.78 is 5.77. The second kappa shape index (κ2) is 5.56. The van der Waals surface area contributed by atoms with E-state index in [2.05, 4.69) is 23.7 Å². The summed E-state index contributed by atoms with van der Waals surface area (Å²) in [5.41, 5.74) is 0.953. The van der Waals surface area contributed by atoms with Gasteiger partial charge in [-0.25, -0.2) is 4.98 Å². The van der Waals surface area contributed by atoms with Gasteiger partial charge in [-0.2, -0.15) is 0 Å². The highest BCUT2D eigenvalue weighted by Gasteiger charge is 2.27. The van der Waals surface area contributed by atoms with Crippen LogP contribution >= 0.6 is 0 Å². The molecule has 110 valence electrons. The molecular weight excluding hydrogens is 254 g/mol. The Morgan fingerprint density at radius 1 is 1.30 bits per heavy atom. The molecular formula is C15H23N3O2. The molecule has 0 spiro atoms. The smallest absolute Gasteiger partial charge is 0.237 e. The third kappa shape index (κ3) is 2.73. The Morgan fingerprint density at radius 3 is 2.75 bits per heavy atom. The maximum absolute atomic E-state index is 12.3. The van der Waals surface area contributed by atoms with Crippen molar-refractivity contribution in [1.82, 2.24) is 14.8 Å². The van der Waals surface area contributed by atoms with Gasteiger partial charge in [-0.3, -0.25) is 9.69 Å². The van der Waals surface area contributed by atoms with Gasteiger partial charge in [-0.05, 0) is 25.9 Å². The lowest BCUT2D eigenvalue weighted by atomic mass is 10.1. The molecule has 3 rings (SSSR count). The predicted molar refractivity (Wildman–Crippen MR) is 75.4 cm³/mol. The van der Waals surface area contributed by atoms with Crippen LogP contribution in [0.15, 0.2) is 4.42 Å². The molecule has 0 N–H and O–H groups in total. The fraction of sp³-hybridized carbons (Fsp3) is 0.733. The van der Waals surface area contributed by atoms with E-state index < -0.39 is 0 Å². The number of carbonyl (C=O) groups excluding carboxylic acids is 1. The summed E-state index contributed by atoms with van der Waals surface area (Å²) in [5.74, 6) is 2.30. The Morgan fingerprint density at radius 2 is 2.05 bits per heavy atom. The molecule has 1 saturated heterocycles. The van der Waals surface area contributed by atoms with Crippen molar-refractivity contribution in [3.63, 3.8) is 0 Å². The first-order chi connectivity index (χ1) is 9.63. The van der Waals surface area contributed by atoms with Crippen LogP contribution in [0.5, 0.6) is 0 Å². The Labute approximate surface area is 119 Å². The standard InChI is InChI=1S/C15H23N3O2/c1-11(2)15-16-12-9-18(8-5-13(12)20-15)14(19)10-17-6-3-4-7-17/h11H,3-10H2,1-2H3. The minimum Gasteiger partial charge on any atom is -0.445 e. The van der Waals surface area contributed by atoms with Crippen molar-refractivity contribution in [2.45, 2.75) is 45.6 Å². The molecule has 1 aromatic heterocycles. The van der Waals surface area contributed by atoms with Gasteiger partial charge in [0.25, 0.3) is 0 Å². The molecule has 1 aromatic rings. The van der Waals surface area contributed by atoms with Gasteiger partial charge in [0.05, 0.1) is 13.1 Å². The van der Waals surface area contributed by atoms with Crippen LogP contribution in [-0.4, -0.2) is 46.9 Å². The van der Waals surface area contributed by atoms with E-state index in [9.17, 15) is 4.79 Å². The SMILES string of the molecule is CC(C)c1nc2c(o1)CCN(C(=O)CN1CCCC1)C2. The zero-order chi connectivity index (χ0) is 14.1. The molecule has 0 aliphatic carbocycles. The average molecular weight is 277 g/mol. The Kier molecular flexibility index (Phi) is 3.78. The number of oxazole rings is 1. The summed E-state index contributed by atoms with van der Waals surface area (Å²) in [6.45, 7) is 8.20. The van der Waals surface area contributed by atoms with E-state index in [0.29, 0.717) is 19.0 Å². The van der Waals surface area contributed by atoms with E-state index in [0.717, 1.165) is 43.4 Å². The summed E-state index contributed by atoms with van der Waals surface area (Å²) in [6.07, 6.45) is 3.23. The number of likely N-dealkylation sites (tertiary alicyclic amines) is 1. The number of rotatable bonds is 3. The first kappa shape index (κ1) is 13.6. The van der Waals surface area contributed by atoms with E-state index in [-0.39, 0.29) is 5.91 Å². The van der Waals surface area contributed by atoms with E-state index in [1.165, 1.54) is 12.8 Å². The topological polar surface area (TPSA) is 49.6 Å². The summed E-state index contributed by atoms with van der Waals surface area (Å²) in [5, 5.41) is 0. The third-order valence-corrected chi connectivity index (χ3v) is 4.15. The number of aromatic nitrogens is 1. The first-order valence-corrected chi connectivity index (χ1v) is 7.62. The summed E-state index contributed by atoms with van der Waals surface area (Å²) >= 11 is 0. The van der Waals surface area contributed by atoms with Crippen LogP contribution in [0.1, 0.15) is 50.0 Å². The van der Waals surface area contributed by atoms with Crippen LogP contribution in [-0.2, 0) is 17.8 Å². The maximum Gasteiger partial charge on any atom is 0.237 e. The number of hydrogen-bond acceptors (Lipinski definition) is 4. The number of carbonyl (C=O) groups is 1. The van der Waals surface area contributed by atoms with Gasteiger partial charge in [0.1, 0.15) is 11.5 Å². The molecule has 5 nitrogen and oxygen atoms in total. The maximum atomic E-state index is 12.3. The van der Waals surface area contributed by atoms with E-state index in [1.54, 1.807) is 0 Å². The van der Waals surface area contributed by atoms with Gasteiger partial charge < -0.3 is 9.32 Å². The van der Waals surface area contributed by atoms with Crippen molar-refractivity contribution in [3.8, 4) is 0 Å². The van der Waals surface area contributed by atoms with Gasteiger partial charge in [0.2, 0.25) is 5.91 Å². The number of amides is 1. The third-order valence-electron chi connectivity index (χ3n) is 4.15. The molecule has 1 amide bonds. The van der Waals surface area contributed by atoms with Crippen molar-refractivity contribution in [2.75, 3.05) is 26.2 Å². The Hall–Kier alpha value is -1.36. The Balaban J connectivity index is 1.63. The van der Waals surface area contributed by atoms with Crippen molar-refractivity contribution in [3.05, 3.63) is 17.3 Å². The van der Waals surface area contributed by atoms with Crippen LogP contribution < -0.4 is 0 Å². The lowest BCUT2D eigenvalue weighted by Gasteiger charge is -2.27. The number of fused-ring (bicyclic) bond motifs is 1. The van der Waals surface area contributed by atoms with E-state index >= 15 is 0 Å². The lowest BCUT2D eigenvalue weighted by Crippen LogP contribution is -2.41. The molecule has 0 atom stereocenters. The van der Waals surface area contributed by atoms with E-state index in [4.69, 9.17) is 4.42 Å². The molecule has 0 aromatic carbocycles. The zero-order valence-corrected chi connectivity index (χ0v) is 12.4. The first-order valence-electron chi connectivity index (χ1n) is 7.62. The molecule has 0 saturated carbocycles. The molecule has 3 heterocycles. The van der Waals surface area contributed by atoms with Crippen LogP contribution in [0.2, 0.25) is 0 Å². The van der Waals surface area contributed by atoms with Crippen LogP contribution in [0.4, 0.5) is 0 Å².